The van der Waals surface area contributed by atoms with Crippen molar-refractivity contribution in [1.82, 2.24) is 0 Å². The highest BCUT2D eigenvalue weighted by atomic mass is 15.1. The lowest BCUT2D eigenvalue weighted by atomic mass is 9.94. The number of benzene rings is 1. The number of anilines is 1. The first-order valence-electron chi connectivity index (χ1n) is 6.38. The van der Waals surface area contributed by atoms with Crippen LogP contribution in [0.1, 0.15) is 11.6 Å². The van der Waals surface area contributed by atoms with E-state index in [4.69, 9.17) is 0 Å². The van der Waals surface area contributed by atoms with Gasteiger partial charge in [-0.1, -0.05) is 36.4 Å². The van der Waals surface area contributed by atoms with Crippen LogP contribution >= 0.6 is 0 Å². The average Bonchev–Trinajstić information content (AvgIpc) is 2.77. The molecule has 4 rings (SSSR count). The second-order valence-electron chi connectivity index (χ2n) is 5.03. The topological polar surface area (TPSA) is 15.9 Å². The Kier molecular flexibility index (Phi) is 1.90. The Balaban J connectivity index is 2.03. The maximum atomic E-state index is 3.61. The maximum absolute atomic E-state index is 3.61. The number of hydrogen-bond acceptors (Lipinski definition) is 1. The van der Waals surface area contributed by atoms with E-state index in [-0.39, 0.29) is 0 Å². The Morgan fingerprint density at radius 1 is 1.11 bits per heavy atom. The number of aryl methyl sites for hydroxylation is 1. The van der Waals surface area contributed by atoms with E-state index >= 15 is 0 Å². The molecule has 2 heteroatoms. The number of rotatable bonds is 0. The van der Waals surface area contributed by atoms with Crippen molar-refractivity contribution in [2.24, 2.45) is 7.05 Å². The maximum Gasteiger partial charge on any atom is 0.214 e. The van der Waals surface area contributed by atoms with Crippen LogP contribution in [0.4, 0.5) is 5.69 Å². The summed E-state index contributed by atoms with van der Waals surface area (Å²) >= 11 is 0. The Morgan fingerprint density at radius 2 is 1.94 bits per heavy atom. The predicted molar refractivity (Wildman–Crippen MR) is 73.6 cm³/mol. The summed E-state index contributed by atoms with van der Waals surface area (Å²) in [6.45, 7) is 0. The largest absolute Gasteiger partial charge is 0.373 e. The van der Waals surface area contributed by atoms with Crippen molar-refractivity contribution >= 4 is 16.6 Å². The van der Waals surface area contributed by atoms with Gasteiger partial charge in [-0.05, 0) is 12.1 Å². The molecule has 2 heterocycles. The number of aromatic nitrogens is 1. The van der Waals surface area contributed by atoms with E-state index in [1.807, 2.05) is 0 Å². The zero-order chi connectivity index (χ0) is 12.1. The first-order valence-corrected chi connectivity index (χ1v) is 6.38. The van der Waals surface area contributed by atoms with Gasteiger partial charge in [0.05, 0.1) is 12.0 Å². The summed E-state index contributed by atoms with van der Waals surface area (Å²) in [5.41, 5.74) is 3.95. The molecule has 0 bridgehead atoms. The lowest BCUT2D eigenvalue weighted by Gasteiger charge is -2.13. The third kappa shape index (κ3) is 1.20. The van der Waals surface area contributed by atoms with Crippen LogP contribution in [0.25, 0.3) is 10.9 Å². The van der Waals surface area contributed by atoms with Crippen LogP contribution in [-0.2, 0) is 7.05 Å². The highest BCUT2D eigenvalue weighted by molar-refractivity contribution is 5.81. The van der Waals surface area contributed by atoms with Crippen LogP contribution in [0.5, 0.6) is 0 Å². The fourth-order valence-electron chi connectivity index (χ4n) is 3.16. The van der Waals surface area contributed by atoms with Crippen LogP contribution in [0.3, 0.4) is 0 Å². The summed E-state index contributed by atoms with van der Waals surface area (Å²) in [5.74, 6) is 0.458. The molecule has 1 N–H and O–H groups in total. The Hall–Kier alpha value is -2.09. The molecule has 0 radical (unpaired) electrons. The quantitative estimate of drug-likeness (QED) is 0.694. The van der Waals surface area contributed by atoms with Gasteiger partial charge in [0.25, 0.3) is 0 Å². The van der Waals surface area contributed by atoms with Crippen LogP contribution < -0.4 is 9.88 Å². The fourth-order valence-corrected chi connectivity index (χ4v) is 3.16. The molecule has 2 nitrogen and oxygen atoms in total. The van der Waals surface area contributed by atoms with E-state index in [1.165, 1.54) is 22.3 Å². The van der Waals surface area contributed by atoms with Gasteiger partial charge in [0.15, 0.2) is 0 Å². The van der Waals surface area contributed by atoms with Crippen molar-refractivity contribution in [3.8, 4) is 0 Å². The molecule has 1 aromatic heterocycles. The minimum absolute atomic E-state index is 0.410. The minimum Gasteiger partial charge on any atom is -0.373 e. The smallest absolute Gasteiger partial charge is 0.214 e. The Morgan fingerprint density at radius 3 is 2.89 bits per heavy atom. The first-order chi connectivity index (χ1) is 8.84. The van der Waals surface area contributed by atoms with E-state index in [9.17, 15) is 0 Å². The van der Waals surface area contributed by atoms with Crippen LogP contribution in [0.2, 0.25) is 0 Å². The number of allylic oxidation sites excluding steroid dienone is 2. The van der Waals surface area contributed by atoms with Gasteiger partial charge >= 0.3 is 0 Å². The second kappa shape index (κ2) is 3.45. The summed E-state index contributed by atoms with van der Waals surface area (Å²) in [6.07, 6.45) is 8.81. The molecule has 1 aliphatic carbocycles. The first kappa shape index (κ1) is 9.89. The lowest BCUT2D eigenvalue weighted by molar-refractivity contribution is -0.652. The van der Waals surface area contributed by atoms with E-state index < -0.39 is 0 Å². The van der Waals surface area contributed by atoms with E-state index in [1.54, 1.807) is 0 Å². The van der Waals surface area contributed by atoms with Crippen LogP contribution in [0, 0.1) is 0 Å². The zero-order valence-corrected chi connectivity index (χ0v) is 10.3. The highest BCUT2D eigenvalue weighted by Gasteiger charge is 2.37. The van der Waals surface area contributed by atoms with Crippen LogP contribution in [-0.4, -0.2) is 6.04 Å². The number of pyridine rings is 1. The van der Waals surface area contributed by atoms with Crippen molar-refractivity contribution in [3.05, 3.63) is 60.3 Å². The molecule has 0 saturated heterocycles. The second-order valence-corrected chi connectivity index (χ2v) is 5.03. The van der Waals surface area contributed by atoms with Gasteiger partial charge in [-0.3, -0.25) is 0 Å². The lowest BCUT2D eigenvalue weighted by Crippen LogP contribution is -2.35. The van der Waals surface area contributed by atoms with Gasteiger partial charge in [0.1, 0.15) is 12.7 Å². The van der Waals surface area contributed by atoms with Crippen molar-refractivity contribution < 1.29 is 4.57 Å². The summed E-state index contributed by atoms with van der Waals surface area (Å²) in [7, 11) is 2.16. The van der Waals surface area contributed by atoms with E-state index in [0.29, 0.717) is 12.0 Å². The van der Waals surface area contributed by atoms with Gasteiger partial charge in [-0.2, -0.15) is 4.57 Å². The molecule has 2 unspecified atom stereocenters. The molecule has 1 aliphatic heterocycles. The summed E-state index contributed by atoms with van der Waals surface area (Å²) in [5, 5.41) is 4.90. The summed E-state index contributed by atoms with van der Waals surface area (Å²) < 4.78 is 2.33. The number of hydrogen-bond donors (Lipinski definition) is 1. The zero-order valence-electron chi connectivity index (χ0n) is 10.3. The Bertz CT molecular complexity index is 698. The molecule has 88 valence electrons. The molecule has 2 aromatic rings. The molecule has 1 aromatic carbocycles. The molecule has 0 amide bonds. The molecular formula is C16H15N2+. The molecule has 0 fully saturated rings. The monoisotopic (exact) mass is 235 g/mol. The summed E-state index contributed by atoms with van der Waals surface area (Å²) in [6, 6.07) is 11.2. The number of nitrogens with zero attached hydrogens (tertiary/aromatic N) is 1. The molecule has 0 saturated carbocycles. The number of nitrogens with one attached hydrogen (secondary N) is 1. The van der Waals surface area contributed by atoms with Gasteiger partial charge in [-0.25, -0.2) is 0 Å². The van der Waals surface area contributed by atoms with E-state index in [2.05, 4.69) is 71.6 Å². The normalized spacial score (nSPS) is 23.8. The number of para-hydroxylation sites is 1. The molecule has 0 spiro atoms. The van der Waals surface area contributed by atoms with Crippen LogP contribution in [0.15, 0.2) is 54.6 Å². The predicted octanol–water partition coefficient (Wildman–Crippen LogP) is 2.67. The van der Waals surface area contributed by atoms with Gasteiger partial charge in [0, 0.05) is 11.5 Å². The van der Waals surface area contributed by atoms with Gasteiger partial charge in [0.2, 0.25) is 11.2 Å². The molecule has 2 aliphatic rings. The standard InChI is InChI=1S/C16H15N2/c1-18-15-9-5-2-6-11(15)10-14-16(18)12-7-3-4-8-13(12)17-14/h2-10,12-13,17H,1H3/q+1. The van der Waals surface area contributed by atoms with Gasteiger partial charge < -0.3 is 5.32 Å². The fraction of sp³-hybridized carbons (Fsp3) is 0.188. The Labute approximate surface area is 106 Å². The average molecular weight is 235 g/mol. The van der Waals surface area contributed by atoms with Crippen molar-refractivity contribution in [3.63, 3.8) is 0 Å². The molecule has 2 atom stereocenters. The third-order valence-electron chi connectivity index (χ3n) is 4.01. The third-order valence-corrected chi connectivity index (χ3v) is 4.01. The van der Waals surface area contributed by atoms with Gasteiger partial charge in [-0.15, -0.1) is 0 Å². The molecule has 18 heavy (non-hydrogen) atoms. The number of fused-ring (bicyclic) bond motifs is 4. The summed E-state index contributed by atoms with van der Waals surface area (Å²) in [4.78, 5) is 0. The molecular weight excluding hydrogens is 220 g/mol. The van der Waals surface area contributed by atoms with E-state index in [0.717, 1.165) is 0 Å². The minimum atomic E-state index is 0.410. The van der Waals surface area contributed by atoms with Crippen molar-refractivity contribution in [2.75, 3.05) is 5.32 Å². The van der Waals surface area contributed by atoms with Crippen molar-refractivity contribution in [2.45, 2.75) is 12.0 Å². The SMILES string of the molecule is C[n+]1c2c(cc3ccccc31)NC1C=CC=CC21. The highest BCUT2D eigenvalue weighted by Crippen LogP contribution is 2.37. The van der Waals surface area contributed by atoms with Crippen molar-refractivity contribution in [1.29, 1.82) is 0 Å².